The largest absolute Gasteiger partial charge is 0.383 e. The van der Waals surface area contributed by atoms with Crippen molar-refractivity contribution in [3.8, 4) is 0 Å². The van der Waals surface area contributed by atoms with Gasteiger partial charge in [-0.3, -0.25) is 4.79 Å². The third-order valence-corrected chi connectivity index (χ3v) is 7.53. The maximum absolute atomic E-state index is 12.8. The molecule has 23 heavy (non-hydrogen) atoms. The van der Waals surface area contributed by atoms with Crippen LogP contribution in [0.15, 0.2) is 0 Å². The van der Waals surface area contributed by atoms with E-state index in [1.54, 1.807) is 7.11 Å². The molecule has 1 aliphatic heterocycles. The van der Waals surface area contributed by atoms with E-state index in [2.05, 4.69) is 31.0 Å². The molecule has 1 saturated heterocycles. The Morgan fingerprint density at radius 3 is 2.43 bits per heavy atom. The molecule has 4 nitrogen and oxygen atoms in total. The van der Waals surface area contributed by atoms with Gasteiger partial charge in [0.2, 0.25) is 5.91 Å². The normalized spacial score (nSPS) is 37.2. The molecule has 2 saturated carbocycles. The van der Waals surface area contributed by atoms with E-state index in [1.807, 2.05) is 0 Å². The van der Waals surface area contributed by atoms with Gasteiger partial charge in [0.15, 0.2) is 0 Å². The Balaban J connectivity index is 1.50. The van der Waals surface area contributed by atoms with Crippen LogP contribution in [-0.2, 0) is 9.53 Å². The SMILES string of the molecule is COCCN1CCC(NC(=O)[C@@H]2C[C@]3(C)CC[C@H]2C3(C)C)CC1. The lowest BCUT2D eigenvalue weighted by Gasteiger charge is -2.34. The second-order valence-electron chi connectivity index (χ2n) is 8.86. The van der Waals surface area contributed by atoms with Crippen molar-refractivity contribution < 1.29 is 9.53 Å². The number of ether oxygens (including phenoxy) is 1. The van der Waals surface area contributed by atoms with Crippen LogP contribution in [0.25, 0.3) is 0 Å². The third kappa shape index (κ3) is 3.05. The summed E-state index contributed by atoms with van der Waals surface area (Å²) >= 11 is 0. The van der Waals surface area contributed by atoms with Crippen LogP contribution in [0.5, 0.6) is 0 Å². The molecular weight excluding hydrogens is 288 g/mol. The molecule has 0 aromatic heterocycles. The first-order chi connectivity index (χ1) is 10.9. The van der Waals surface area contributed by atoms with E-state index < -0.39 is 0 Å². The van der Waals surface area contributed by atoms with E-state index in [1.165, 1.54) is 12.8 Å². The molecule has 4 heteroatoms. The Hall–Kier alpha value is -0.610. The minimum Gasteiger partial charge on any atom is -0.383 e. The molecule has 132 valence electrons. The molecule has 0 spiro atoms. The lowest BCUT2D eigenvalue weighted by molar-refractivity contribution is -0.128. The molecular formula is C19H34N2O2. The number of methoxy groups -OCH3 is 1. The number of piperidine rings is 1. The highest BCUT2D eigenvalue weighted by Crippen LogP contribution is 2.67. The van der Waals surface area contributed by atoms with Crippen molar-refractivity contribution in [3.63, 3.8) is 0 Å². The molecule has 3 fully saturated rings. The van der Waals surface area contributed by atoms with E-state index in [0.29, 0.717) is 28.7 Å². The van der Waals surface area contributed by atoms with Crippen molar-refractivity contribution in [2.24, 2.45) is 22.7 Å². The van der Waals surface area contributed by atoms with Gasteiger partial charge < -0.3 is 15.0 Å². The number of fused-ring (bicyclic) bond motifs is 2. The van der Waals surface area contributed by atoms with Gasteiger partial charge in [-0.05, 0) is 48.9 Å². The van der Waals surface area contributed by atoms with Gasteiger partial charge in [-0.2, -0.15) is 0 Å². The number of rotatable bonds is 5. The lowest BCUT2D eigenvalue weighted by Crippen LogP contribution is -2.47. The second kappa shape index (κ2) is 6.36. The maximum Gasteiger partial charge on any atom is 0.223 e. The summed E-state index contributed by atoms with van der Waals surface area (Å²) in [5, 5.41) is 3.38. The van der Waals surface area contributed by atoms with E-state index in [0.717, 1.165) is 45.5 Å². The molecule has 2 bridgehead atoms. The molecule has 3 rings (SSSR count). The Bertz CT molecular complexity index is 440. The van der Waals surface area contributed by atoms with Crippen LogP contribution in [0.1, 0.15) is 52.9 Å². The minimum absolute atomic E-state index is 0.246. The molecule has 3 atom stereocenters. The van der Waals surface area contributed by atoms with Crippen molar-refractivity contribution in [2.45, 2.75) is 58.9 Å². The third-order valence-electron chi connectivity index (χ3n) is 7.53. The van der Waals surface area contributed by atoms with Crippen molar-refractivity contribution in [1.29, 1.82) is 0 Å². The molecule has 1 amide bonds. The van der Waals surface area contributed by atoms with Crippen LogP contribution < -0.4 is 5.32 Å². The highest BCUT2D eigenvalue weighted by atomic mass is 16.5. The number of amides is 1. The first-order valence-electron chi connectivity index (χ1n) is 9.39. The van der Waals surface area contributed by atoms with E-state index in [-0.39, 0.29) is 5.92 Å². The predicted octanol–water partition coefficient (Wildman–Crippen LogP) is 2.68. The number of hydrogen-bond donors (Lipinski definition) is 1. The molecule has 0 radical (unpaired) electrons. The number of likely N-dealkylation sites (tertiary alicyclic amines) is 1. The average Bonchev–Trinajstić information content (AvgIpc) is 2.87. The molecule has 0 unspecified atom stereocenters. The highest BCUT2D eigenvalue weighted by Gasteiger charge is 2.62. The van der Waals surface area contributed by atoms with Gasteiger partial charge in [-0.15, -0.1) is 0 Å². The van der Waals surface area contributed by atoms with Crippen LogP contribution in [0, 0.1) is 22.7 Å². The standard InChI is InChI=1S/C19H34N2O2/c1-18(2)16-5-8-19(18,3)13-15(16)17(22)20-14-6-9-21(10-7-14)11-12-23-4/h14-16H,5-13H2,1-4H3,(H,20,22)/t15-,16-,19+/m1/s1. The van der Waals surface area contributed by atoms with Gasteiger partial charge in [0.25, 0.3) is 0 Å². The summed E-state index contributed by atoms with van der Waals surface area (Å²) in [6, 6.07) is 0.372. The number of carbonyl (C=O) groups is 1. The zero-order valence-electron chi connectivity index (χ0n) is 15.4. The number of carbonyl (C=O) groups excluding carboxylic acids is 1. The summed E-state index contributed by atoms with van der Waals surface area (Å²) in [5.41, 5.74) is 0.682. The summed E-state index contributed by atoms with van der Waals surface area (Å²) in [7, 11) is 1.75. The molecule has 0 aromatic rings. The summed E-state index contributed by atoms with van der Waals surface area (Å²) in [6.07, 6.45) is 5.77. The van der Waals surface area contributed by atoms with Gasteiger partial charge in [-0.1, -0.05) is 20.8 Å². The van der Waals surface area contributed by atoms with Crippen LogP contribution >= 0.6 is 0 Å². The summed E-state index contributed by atoms with van der Waals surface area (Å²) < 4.78 is 5.15. The molecule has 0 aromatic carbocycles. The Morgan fingerprint density at radius 2 is 1.91 bits per heavy atom. The van der Waals surface area contributed by atoms with Gasteiger partial charge in [0.05, 0.1) is 6.61 Å². The lowest BCUT2D eigenvalue weighted by atomic mass is 9.71. The smallest absolute Gasteiger partial charge is 0.223 e. The molecule has 3 aliphatic rings. The number of hydrogen-bond acceptors (Lipinski definition) is 3. The van der Waals surface area contributed by atoms with Gasteiger partial charge in [-0.25, -0.2) is 0 Å². The second-order valence-corrected chi connectivity index (χ2v) is 8.86. The zero-order chi connectivity index (χ0) is 16.7. The van der Waals surface area contributed by atoms with Crippen LogP contribution in [0.2, 0.25) is 0 Å². The highest BCUT2D eigenvalue weighted by molar-refractivity contribution is 5.80. The number of nitrogens with one attached hydrogen (secondary N) is 1. The molecule has 1 heterocycles. The first kappa shape index (κ1) is 17.2. The number of nitrogens with zero attached hydrogens (tertiary/aromatic N) is 1. The fourth-order valence-corrected chi connectivity index (χ4v) is 5.41. The van der Waals surface area contributed by atoms with Crippen molar-refractivity contribution in [2.75, 3.05) is 33.4 Å². The van der Waals surface area contributed by atoms with Crippen molar-refractivity contribution >= 4 is 5.91 Å². The van der Waals surface area contributed by atoms with E-state index >= 15 is 0 Å². The maximum atomic E-state index is 12.8. The fourth-order valence-electron chi connectivity index (χ4n) is 5.41. The molecule has 1 N–H and O–H groups in total. The Labute approximate surface area is 141 Å². The Morgan fingerprint density at radius 1 is 1.22 bits per heavy atom. The van der Waals surface area contributed by atoms with Gasteiger partial charge in [0, 0.05) is 38.7 Å². The topological polar surface area (TPSA) is 41.6 Å². The summed E-state index contributed by atoms with van der Waals surface area (Å²) in [5.74, 6) is 1.16. The van der Waals surface area contributed by atoms with E-state index in [4.69, 9.17) is 4.74 Å². The quantitative estimate of drug-likeness (QED) is 0.846. The van der Waals surface area contributed by atoms with Gasteiger partial charge in [0.1, 0.15) is 0 Å². The van der Waals surface area contributed by atoms with Gasteiger partial charge >= 0.3 is 0 Å². The fraction of sp³-hybridized carbons (Fsp3) is 0.947. The average molecular weight is 322 g/mol. The van der Waals surface area contributed by atoms with Crippen LogP contribution in [0.3, 0.4) is 0 Å². The first-order valence-corrected chi connectivity index (χ1v) is 9.39. The Kier molecular flexibility index (Phi) is 4.76. The van der Waals surface area contributed by atoms with Crippen LogP contribution in [0.4, 0.5) is 0 Å². The monoisotopic (exact) mass is 322 g/mol. The minimum atomic E-state index is 0.246. The van der Waals surface area contributed by atoms with Crippen LogP contribution in [-0.4, -0.2) is 50.2 Å². The summed E-state index contributed by atoms with van der Waals surface area (Å²) in [6.45, 7) is 11.1. The predicted molar refractivity (Wildman–Crippen MR) is 92.2 cm³/mol. The zero-order valence-corrected chi connectivity index (χ0v) is 15.4. The van der Waals surface area contributed by atoms with Crippen molar-refractivity contribution in [3.05, 3.63) is 0 Å². The molecule has 2 aliphatic carbocycles. The summed E-state index contributed by atoms with van der Waals surface area (Å²) in [4.78, 5) is 15.3. The van der Waals surface area contributed by atoms with E-state index in [9.17, 15) is 4.79 Å². The van der Waals surface area contributed by atoms with Crippen molar-refractivity contribution in [1.82, 2.24) is 10.2 Å².